The van der Waals surface area contributed by atoms with Gasteiger partial charge in [0.1, 0.15) is 5.01 Å². The van der Waals surface area contributed by atoms with E-state index in [2.05, 4.69) is 14.7 Å². The van der Waals surface area contributed by atoms with Gasteiger partial charge >= 0.3 is 5.69 Å². The normalized spacial score (nSPS) is 11.7. The van der Waals surface area contributed by atoms with Crippen molar-refractivity contribution in [1.82, 2.24) is 15.0 Å². The van der Waals surface area contributed by atoms with Crippen molar-refractivity contribution >= 4 is 48.9 Å². The molecule has 0 saturated carbocycles. The molecule has 29 heavy (non-hydrogen) atoms. The number of aromatic nitrogens is 3. The molecule has 0 atom stereocenters. The molecule has 2 aromatic carbocycles. The van der Waals surface area contributed by atoms with Crippen LogP contribution in [0.5, 0.6) is 0 Å². The molecule has 0 spiro atoms. The van der Waals surface area contributed by atoms with Gasteiger partial charge in [-0.1, -0.05) is 11.6 Å². The molecule has 0 aliphatic carbocycles. The predicted octanol–water partition coefficient (Wildman–Crippen LogP) is 3.10. The van der Waals surface area contributed by atoms with Gasteiger partial charge < -0.3 is 4.98 Å². The van der Waals surface area contributed by atoms with Crippen LogP contribution in [-0.4, -0.2) is 23.4 Å². The van der Waals surface area contributed by atoms with Gasteiger partial charge in [0.05, 0.1) is 10.2 Å². The van der Waals surface area contributed by atoms with Crippen LogP contribution in [0.3, 0.4) is 0 Å². The predicted molar refractivity (Wildman–Crippen MR) is 113 cm³/mol. The van der Waals surface area contributed by atoms with Crippen molar-refractivity contribution in [2.24, 2.45) is 0 Å². The van der Waals surface area contributed by atoms with E-state index >= 15 is 0 Å². The number of hydrogen-bond acceptors (Lipinski definition) is 6. The smallest absolute Gasteiger partial charge is 0.310 e. The Balaban J connectivity index is 1.64. The minimum Gasteiger partial charge on any atom is -0.310 e. The first-order valence-corrected chi connectivity index (χ1v) is 10.9. The fraction of sp³-hybridized carbons (Fsp3) is 0.0556. The first-order chi connectivity index (χ1) is 13.7. The van der Waals surface area contributed by atoms with E-state index in [0.29, 0.717) is 5.02 Å². The molecule has 0 aliphatic rings. The molecule has 148 valence electrons. The van der Waals surface area contributed by atoms with E-state index in [-0.39, 0.29) is 11.4 Å². The van der Waals surface area contributed by atoms with Crippen molar-refractivity contribution in [2.45, 2.75) is 11.8 Å². The summed E-state index contributed by atoms with van der Waals surface area (Å²) in [5, 5.41) is 1.40. The molecule has 2 heterocycles. The first-order valence-electron chi connectivity index (χ1n) is 8.25. The summed E-state index contributed by atoms with van der Waals surface area (Å²) in [6.07, 6.45) is 0. The van der Waals surface area contributed by atoms with Gasteiger partial charge in [-0.15, -0.1) is 11.3 Å². The number of aryl methyl sites for hydroxylation is 1. The Morgan fingerprint density at radius 2 is 1.79 bits per heavy atom. The molecule has 0 amide bonds. The molecular weight excluding hydrogens is 436 g/mol. The average molecular weight is 449 g/mol. The van der Waals surface area contributed by atoms with Crippen LogP contribution in [0.15, 0.2) is 56.9 Å². The minimum atomic E-state index is -4.19. The zero-order valence-corrected chi connectivity index (χ0v) is 17.2. The number of halogens is 1. The number of nitrogens with zero attached hydrogens (tertiary/aromatic N) is 1. The monoisotopic (exact) mass is 448 g/mol. The van der Waals surface area contributed by atoms with E-state index in [0.717, 1.165) is 20.8 Å². The van der Waals surface area contributed by atoms with Crippen LogP contribution in [0.4, 0.5) is 5.69 Å². The number of sulfonamides is 1. The van der Waals surface area contributed by atoms with E-state index in [1.54, 1.807) is 30.3 Å². The highest BCUT2D eigenvalue weighted by Gasteiger charge is 2.22. The van der Waals surface area contributed by atoms with Crippen LogP contribution in [0.1, 0.15) is 5.69 Å². The van der Waals surface area contributed by atoms with E-state index in [9.17, 15) is 18.0 Å². The summed E-state index contributed by atoms with van der Waals surface area (Å²) >= 11 is 7.48. The lowest BCUT2D eigenvalue weighted by molar-refractivity contribution is 0.598. The van der Waals surface area contributed by atoms with E-state index in [1.165, 1.54) is 18.3 Å². The van der Waals surface area contributed by atoms with Gasteiger partial charge in [-0.3, -0.25) is 14.5 Å². The number of thiazole rings is 1. The van der Waals surface area contributed by atoms with Gasteiger partial charge in [0.2, 0.25) is 0 Å². The molecular formula is C18H13ClN4O4S2. The third-order valence-electron chi connectivity index (χ3n) is 4.08. The second-order valence-corrected chi connectivity index (χ2v) is 9.26. The van der Waals surface area contributed by atoms with Crippen LogP contribution in [0.2, 0.25) is 5.02 Å². The lowest BCUT2D eigenvalue weighted by Gasteiger charge is -2.09. The molecule has 0 radical (unpaired) electrons. The minimum absolute atomic E-state index is 0.0454. The van der Waals surface area contributed by atoms with Gasteiger partial charge in [0.25, 0.3) is 15.6 Å². The highest BCUT2D eigenvalue weighted by Crippen LogP contribution is 2.32. The quantitative estimate of drug-likeness (QED) is 0.442. The second-order valence-electron chi connectivity index (χ2n) is 6.18. The van der Waals surface area contributed by atoms with Crippen molar-refractivity contribution in [3.63, 3.8) is 0 Å². The molecule has 0 bridgehead atoms. The first kappa shape index (κ1) is 19.4. The number of benzene rings is 2. The van der Waals surface area contributed by atoms with Crippen LogP contribution in [0.25, 0.3) is 20.8 Å². The van der Waals surface area contributed by atoms with Gasteiger partial charge in [0.15, 0.2) is 4.90 Å². The molecule has 4 aromatic rings. The summed E-state index contributed by atoms with van der Waals surface area (Å²) in [7, 11) is -4.19. The van der Waals surface area contributed by atoms with E-state index in [1.807, 2.05) is 17.1 Å². The number of nitrogens with one attached hydrogen (secondary N) is 3. The molecule has 8 nitrogen and oxygen atoms in total. The Morgan fingerprint density at radius 3 is 2.48 bits per heavy atom. The number of anilines is 1. The SMILES string of the molecule is Cc1[nH]c(=O)[nH]c(=O)c1S(=O)(=O)Nc1ccc(-c2nc3ccc(Cl)cc3s2)cc1. The van der Waals surface area contributed by atoms with Crippen molar-refractivity contribution in [1.29, 1.82) is 0 Å². The third-order valence-corrected chi connectivity index (χ3v) is 6.91. The van der Waals surface area contributed by atoms with Crippen molar-refractivity contribution in [3.8, 4) is 10.6 Å². The molecule has 4 rings (SSSR count). The van der Waals surface area contributed by atoms with Crippen LogP contribution >= 0.6 is 22.9 Å². The van der Waals surface area contributed by atoms with E-state index < -0.39 is 26.2 Å². The van der Waals surface area contributed by atoms with Gasteiger partial charge in [-0.2, -0.15) is 0 Å². The maximum Gasteiger partial charge on any atom is 0.325 e. The fourth-order valence-electron chi connectivity index (χ4n) is 2.82. The number of fused-ring (bicyclic) bond motifs is 1. The standard InChI is InChI=1S/C18H13ClN4O4S2/c1-9-15(16(24)22-18(25)20-9)29(26,27)23-12-5-2-10(3-6-12)17-21-13-7-4-11(19)8-14(13)28-17/h2-8,23H,1H3,(H2,20,22,24,25). The maximum absolute atomic E-state index is 12.6. The Bertz CT molecular complexity index is 1450. The van der Waals surface area contributed by atoms with Crippen LogP contribution < -0.4 is 16.0 Å². The van der Waals surface area contributed by atoms with Crippen molar-refractivity contribution < 1.29 is 8.42 Å². The maximum atomic E-state index is 12.6. The lowest BCUT2D eigenvalue weighted by Crippen LogP contribution is -2.31. The van der Waals surface area contributed by atoms with E-state index in [4.69, 9.17) is 11.6 Å². The lowest BCUT2D eigenvalue weighted by atomic mass is 10.2. The molecule has 0 fully saturated rings. The number of rotatable bonds is 4. The zero-order valence-electron chi connectivity index (χ0n) is 14.8. The number of hydrogen-bond donors (Lipinski definition) is 3. The number of aromatic amines is 2. The average Bonchev–Trinajstić information content (AvgIpc) is 3.03. The largest absolute Gasteiger partial charge is 0.325 e. The van der Waals surface area contributed by atoms with Gasteiger partial charge in [-0.25, -0.2) is 18.2 Å². The third kappa shape index (κ3) is 3.82. The number of H-pyrrole nitrogens is 2. The van der Waals surface area contributed by atoms with Crippen molar-refractivity contribution in [3.05, 3.63) is 74.0 Å². The Labute approximate surface area is 173 Å². The summed E-state index contributed by atoms with van der Waals surface area (Å²) in [5.41, 5.74) is 0.102. The summed E-state index contributed by atoms with van der Waals surface area (Å²) in [6.45, 7) is 1.34. The summed E-state index contributed by atoms with van der Waals surface area (Å²) in [4.78, 5) is 31.4. The summed E-state index contributed by atoms with van der Waals surface area (Å²) < 4.78 is 28.5. The molecule has 11 heteroatoms. The Kier molecular flexibility index (Phi) is 4.77. The van der Waals surface area contributed by atoms with Crippen LogP contribution in [-0.2, 0) is 10.0 Å². The molecule has 3 N–H and O–H groups in total. The van der Waals surface area contributed by atoms with Gasteiger partial charge in [-0.05, 0) is 49.4 Å². The molecule has 0 unspecified atom stereocenters. The highest BCUT2D eigenvalue weighted by molar-refractivity contribution is 7.92. The van der Waals surface area contributed by atoms with Crippen LogP contribution in [0, 0.1) is 6.92 Å². The highest BCUT2D eigenvalue weighted by atomic mass is 35.5. The molecule has 0 saturated heterocycles. The fourth-order valence-corrected chi connectivity index (χ4v) is 5.37. The topological polar surface area (TPSA) is 125 Å². The summed E-state index contributed by atoms with van der Waals surface area (Å²) in [6, 6.07) is 12.0. The molecule has 2 aromatic heterocycles. The zero-order chi connectivity index (χ0) is 20.8. The van der Waals surface area contributed by atoms with Crippen molar-refractivity contribution in [2.75, 3.05) is 4.72 Å². The molecule has 0 aliphatic heterocycles. The van der Waals surface area contributed by atoms with Gasteiger partial charge in [0, 0.05) is 22.0 Å². The summed E-state index contributed by atoms with van der Waals surface area (Å²) in [5.74, 6) is 0. The second kappa shape index (κ2) is 7.14. The Hall–Kier alpha value is -2.95. The Morgan fingerprint density at radius 1 is 1.07 bits per heavy atom.